The number of nitrogens with one attached hydrogen (secondary N) is 1. The summed E-state index contributed by atoms with van der Waals surface area (Å²) in [6, 6.07) is 17.9. The predicted octanol–water partition coefficient (Wildman–Crippen LogP) is 5.23. The van der Waals surface area contributed by atoms with Crippen LogP contribution in [0.2, 0.25) is 0 Å². The molecule has 0 fully saturated rings. The van der Waals surface area contributed by atoms with Crippen molar-refractivity contribution in [1.82, 2.24) is 0 Å². The second-order valence-electron chi connectivity index (χ2n) is 5.10. The van der Waals surface area contributed by atoms with Crippen LogP contribution < -0.4 is 5.32 Å². The Bertz CT molecular complexity index is 798. The number of phenols is 1. The number of aromatic hydroxyl groups is 1. The van der Waals surface area contributed by atoms with Crippen molar-refractivity contribution >= 4 is 32.4 Å². The minimum atomic E-state index is 0.330. The van der Waals surface area contributed by atoms with E-state index >= 15 is 0 Å². The van der Waals surface area contributed by atoms with Crippen molar-refractivity contribution in [2.45, 2.75) is 13.5 Å². The Labute approximate surface area is 132 Å². The lowest BCUT2D eigenvalue weighted by Gasteiger charge is -2.13. The van der Waals surface area contributed by atoms with Crippen molar-refractivity contribution in [3.8, 4) is 5.75 Å². The van der Waals surface area contributed by atoms with Gasteiger partial charge in [0.1, 0.15) is 5.75 Å². The molecule has 3 heteroatoms. The molecule has 0 radical (unpaired) electrons. The van der Waals surface area contributed by atoms with E-state index in [-0.39, 0.29) is 0 Å². The number of hydrogen-bond acceptors (Lipinski definition) is 2. The molecule has 3 rings (SSSR count). The molecule has 0 saturated heterocycles. The summed E-state index contributed by atoms with van der Waals surface area (Å²) in [5.41, 5.74) is 3.17. The largest absolute Gasteiger partial charge is 0.508 e. The van der Waals surface area contributed by atoms with Crippen LogP contribution in [0.15, 0.2) is 59.1 Å². The lowest BCUT2D eigenvalue weighted by atomic mass is 10.0. The van der Waals surface area contributed by atoms with Crippen molar-refractivity contribution in [2.75, 3.05) is 5.32 Å². The molecular weight excluding hydrogens is 326 g/mol. The van der Waals surface area contributed by atoms with Gasteiger partial charge in [-0.1, -0.05) is 46.3 Å². The molecule has 0 aliphatic heterocycles. The highest BCUT2D eigenvalue weighted by atomic mass is 79.9. The number of halogens is 1. The highest BCUT2D eigenvalue weighted by Crippen LogP contribution is 2.28. The molecule has 2 N–H and O–H groups in total. The van der Waals surface area contributed by atoms with Crippen LogP contribution in [0.3, 0.4) is 0 Å². The van der Waals surface area contributed by atoms with Gasteiger partial charge in [0.25, 0.3) is 0 Å². The van der Waals surface area contributed by atoms with E-state index in [0.29, 0.717) is 12.3 Å². The van der Waals surface area contributed by atoms with Gasteiger partial charge in [-0.05, 0) is 47.5 Å². The van der Waals surface area contributed by atoms with Gasteiger partial charge in [0.15, 0.2) is 0 Å². The Morgan fingerprint density at radius 2 is 1.86 bits per heavy atom. The number of phenolic OH excluding ortho intramolecular Hbond substituents is 1. The van der Waals surface area contributed by atoms with Crippen LogP contribution in [-0.4, -0.2) is 5.11 Å². The zero-order chi connectivity index (χ0) is 14.8. The van der Waals surface area contributed by atoms with Crippen molar-refractivity contribution < 1.29 is 5.11 Å². The van der Waals surface area contributed by atoms with Gasteiger partial charge < -0.3 is 10.4 Å². The third-order valence-electron chi connectivity index (χ3n) is 3.66. The second-order valence-corrected chi connectivity index (χ2v) is 6.01. The van der Waals surface area contributed by atoms with Gasteiger partial charge in [-0.3, -0.25) is 0 Å². The first kappa shape index (κ1) is 14.0. The maximum atomic E-state index is 10.2. The first-order valence-corrected chi connectivity index (χ1v) is 7.64. The molecule has 0 saturated carbocycles. The molecule has 0 heterocycles. The zero-order valence-electron chi connectivity index (χ0n) is 11.7. The third kappa shape index (κ3) is 2.88. The number of aryl methyl sites for hydroxylation is 1. The summed E-state index contributed by atoms with van der Waals surface area (Å²) in [5.74, 6) is 0.330. The van der Waals surface area contributed by atoms with Gasteiger partial charge in [-0.15, -0.1) is 0 Å². The van der Waals surface area contributed by atoms with Crippen LogP contribution in [0, 0.1) is 6.92 Å². The van der Waals surface area contributed by atoms with Crippen LogP contribution in [0.5, 0.6) is 5.75 Å². The molecule has 0 aromatic heterocycles. The molecule has 0 aliphatic rings. The van der Waals surface area contributed by atoms with Gasteiger partial charge in [0.2, 0.25) is 0 Å². The SMILES string of the molecule is Cc1cc(Br)ccc1NCc1c(O)ccc2ccccc12. The molecule has 2 nitrogen and oxygen atoms in total. The van der Waals surface area contributed by atoms with Crippen molar-refractivity contribution in [3.05, 3.63) is 70.2 Å². The maximum absolute atomic E-state index is 10.2. The van der Waals surface area contributed by atoms with Gasteiger partial charge in [-0.2, -0.15) is 0 Å². The third-order valence-corrected chi connectivity index (χ3v) is 4.15. The molecule has 3 aromatic rings. The molecule has 106 valence electrons. The smallest absolute Gasteiger partial charge is 0.121 e. The van der Waals surface area contributed by atoms with E-state index < -0.39 is 0 Å². The highest BCUT2D eigenvalue weighted by molar-refractivity contribution is 9.10. The van der Waals surface area contributed by atoms with Gasteiger partial charge in [-0.25, -0.2) is 0 Å². The van der Waals surface area contributed by atoms with E-state index in [9.17, 15) is 5.11 Å². The predicted molar refractivity (Wildman–Crippen MR) is 91.8 cm³/mol. The molecule has 21 heavy (non-hydrogen) atoms. The van der Waals surface area contributed by atoms with Crippen molar-refractivity contribution in [1.29, 1.82) is 0 Å². The summed E-state index contributed by atoms with van der Waals surface area (Å²) >= 11 is 3.47. The number of benzene rings is 3. The van der Waals surface area contributed by atoms with E-state index in [1.54, 1.807) is 6.07 Å². The quantitative estimate of drug-likeness (QED) is 0.683. The summed E-state index contributed by atoms with van der Waals surface area (Å²) < 4.78 is 1.07. The standard InChI is InChI=1S/C18H16BrNO/c1-12-10-14(19)7-8-17(12)20-11-16-15-5-3-2-4-13(15)6-9-18(16)21/h2-10,20-21H,11H2,1H3. The van der Waals surface area contributed by atoms with E-state index in [2.05, 4.69) is 40.3 Å². The van der Waals surface area contributed by atoms with Gasteiger partial charge >= 0.3 is 0 Å². The van der Waals surface area contributed by atoms with Crippen LogP contribution >= 0.6 is 15.9 Å². The minimum absolute atomic E-state index is 0.330. The topological polar surface area (TPSA) is 32.3 Å². The number of fused-ring (bicyclic) bond motifs is 1. The summed E-state index contributed by atoms with van der Waals surface area (Å²) in [6.07, 6.45) is 0. The average Bonchev–Trinajstić information content (AvgIpc) is 2.48. The fourth-order valence-electron chi connectivity index (χ4n) is 2.52. The number of anilines is 1. The average molecular weight is 342 g/mol. The molecule has 0 bridgehead atoms. The fourth-order valence-corrected chi connectivity index (χ4v) is 2.99. The minimum Gasteiger partial charge on any atom is -0.508 e. The van der Waals surface area contributed by atoms with Crippen LogP contribution in [0.4, 0.5) is 5.69 Å². The Kier molecular flexibility index (Phi) is 3.84. The lowest BCUT2D eigenvalue weighted by Crippen LogP contribution is -2.02. The van der Waals surface area contributed by atoms with Crippen LogP contribution in [-0.2, 0) is 6.54 Å². The van der Waals surface area contributed by atoms with Crippen LogP contribution in [0.1, 0.15) is 11.1 Å². The Morgan fingerprint density at radius 3 is 2.67 bits per heavy atom. The molecular formula is C18H16BrNO. The first-order valence-electron chi connectivity index (χ1n) is 6.85. The summed E-state index contributed by atoms with van der Waals surface area (Å²) in [7, 11) is 0. The van der Waals surface area contributed by atoms with E-state index in [1.807, 2.05) is 36.4 Å². The summed E-state index contributed by atoms with van der Waals surface area (Å²) in [6.45, 7) is 2.66. The maximum Gasteiger partial charge on any atom is 0.121 e. The number of hydrogen-bond donors (Lipinski definition) is 2. The Balaban J connectivity index is 1.93. The molecule has 0 amide bonds. The van der Waals surface area contributed by atoms with Crippen LogP contribution in [0.25, 0.3) is 10.8 Å². The Morgan fingerprint density at radius 1 is 1.05 bits per heavy atom. The fraction of sp³-hybridized carbons (Fsp3) is 0.111. The second kappa shape index (κ2) is 5.78. The normalized spacial score (nSPS) is 10.8. The van der Waals surface area contributed by atoms with E-state index in [1.165, 1.54) is 5.56 Å². The van der Waals surface area contributed by atoms with Gasteiger partial charge in [0, 0.05) is 22.3 Å². The molecule has 3 aromatic carbocycles. The Hall–Kier alpha value is -2.00. The molecule has 0 aliphatic carbocycles. The highest BCUT2D eigenvalue weighted by Gasteiger charge is 2.07. The molecule has 0 unspecified atom stereocenters. The van der Waals surface area contributed by atoms with Crippen molar-refractivity contribution in [2.24, 2.45) is 0 Å². The molecule has 0 atom stereocenters. The lowest BCUT2D eigenvalue weighted by molar-refractivity contribution is 0.470. The number of rotatable bonds is 3. The van der Waals surface area contributed by atoms with Gasteiger partial charge in [0.05, 0.1) is 0 Å². The first-order chi connectivity index (χ1) is 10.1. The summed E-state index contributed by atoms with van der Waals surface area (Å²) in [5, 5.41) is 15.8. The zero-order valence-corrected chi connectivity index (χ0v) is 13.3. The summed E-state index contributed by atoms with van der Waals surface area (Å²) in [4.78, 5) is 0. The molecule has 0 spiro atoms. The van der Waals surface area contributed by atoms with E-state index in [4.69, 9.17) is 0 Å². The van der Waals surface area contributed by atoms with E-state index in [0.717, 1.165) is 26.5 Å². The monoisotopic (exact) mass is 341 g/mol. The van der Waals surface area contributed by atoms with Crippen molar-refractivity contribution in [3.63, 3.8) is 0 Å².